The van der Waals surface area contributed by atoms with Gasteiger partial charge in [0.25, 0.3) is 5.91 Å². The minimum Gasteiger partial charge on any atom is -0.478 e. The number of hydrogen-bond acceptors (Lipinski definition) is 5. The van der Waals surface area contributed by atoms with Gasteiger partial charge in [-0.05, 0) is 38.0 Å². The van der Waals surface area contributed by atoms with E-state index in [0.29, 0.717) is 30.7 Å². The molecule has 3 rings (SSSR count). The van der Waals surface area contributed by atoms with Gasteiger partial charge < -0.3 is 14.8 Å². The summed E-state index contributed by atoms with van der Waals surface area (Å²) in [6.45, 7) is 3.69. The molecule has 0 radical (unpaired) electrons. The lowest BCUT2D eigenvalue weighted by Gasteiger charge is -2.13. The number of nitrogens with zero attached hydrogens (tertiary/aromatic N) is 1. The van der Waals surface area contributed by atoms with Gasteiger partial charge in [-0.15, -0.1) is 11.8 Å². The van der Waals surface area contributed by atoms with Crippen molar-refractivity contribution < 1.29 is 14.3 Å². The summed E-state index contributed by atoms with van der Waals surface area (Å²) in [6, 6.07) is 11.5. The molecule has 5 nitrogen and oxygen atoms in total. The second kappa shape index (κ2) is 9.59. The highest BCUT2D eigenvalue weighted by atomic mass is 32.2. The third kappa shape index (κ3) is 4.99. The van der Waals surface area contributed by atoms with Crippen LogP contribution in [0.3, 0.4) is 0 Å². The Morgan fingerprint density at radius 1 is 1.35 bits per heavy atom. The zero-order valence-corrected chi connectivity index (χ0v) is 15.8. The molecule has 26 heavy (non-hydrogen) atoms. The second-order valence-electron chi connectivity index (χ2n) is 6.03. The molecule has 1 saturated heterocycles. The Labute approximate surface area is 158 Å². The van der Waals surface area contributed by atoms with Crippen LogP contribution in [0.25, 0.3) is 0 Å². The number of amides is 1. The molecule has 1 aromatic heterocycles. The van der Waals surface area contributed by atoms with Crippen LogP contribution in [-0.4, -0.2) is 36.0 Å². The lowest BCUT2D eigenvalue weighted by molar-refractivity contribution is 0.0947. The third-order valence-corrected chi connectivity index (χ3v) is 5.36. The van der Waals surface area contributed by atoms with Crippen LogP contribution in [0.5, 0.6) is 5.88 Å². The number of aromatic nitrogens is 1. The predicted molar refractivity (Wildman–Crippen MR) is 103 cm³/mol. The highest BCUT2D eigenvalue weighted by Crippen LogP contribution is 2.27. The maximum atomic E-state index is 12.7. The van der Waals surface area contributed by atoms with Gasteiger partial charge in [-0.2, -0.15) is 0 Å². The molecule has 0 spiro atoms. The van der Waals surface area contributed by atoms with Gasteiger partial charge in [0, 0.05) is 35.6 Å². The number of rotatable bonds is 8. The number of carbonyl (C=O) groups excluding carboxylic acids is 1. The van der Waals surface area contributed by atoms with E-state index >= 15 is 0 Å². The monoisotopic (exact) mass is 372 g/mol. The van der Waals surface area contributed by atoms with E-state index in [2.05, 4.69) is 10.3 Å². The van der Waals surface area contributed by atoms with Gasteiger partial charge in [-0.1, -0.05) is 18.2 Å². The molecule has 1 atom stereocenters. The molecule has 1 aliphatic heterocycles. The van der Waals surface area contributed by atoms with Gasteiger partial charge in [0.1, 0.15) is 0 Å². The van der Waals surface area contributed by atoms with E-state index in [9.17, 15) is 4.79 Å². The fourth-order valence-electron chi connectivity index (χ4n) is 2.83. The Hall–Kier alpha value is -2.05. The van der Waals surface area contributed by atoms with Crippen molar-refractivity contribution in [2.75, 3.05) is 19.0 Å². The number of carbonyl (C=O) groups is 1. The number of hydrogen-bond donors (Lipinski definition) is 1. The van der Waals surface area contributed by atoms with Crippen molar-refractivity contribution in [3.05, 3.63) is 53.7 Å². The first-order chi connectivity index (χ1) is 12.8. The molecule has 2 aromatic rings. The van der Waals surface area contributed by atoms with E-state index in [4.69, 9.17) is 9.47 Å². The number of benzene rings is 1. The number of pyridine rings is 1. The summed E-state index contributed by atoms with van der Waals surface area (Å²) in [5.41, 5.74) is 1.56. The Bertz CT molecular complexity index is 733. The first kappa shape index (κ1) is 18.7. The molecule has 6 heteroatoms. The SMILES string of the molecule is CCOc1ncccc1CNC(=O)c1ccccc1SCC1CCCO1. The lowest BCUT2D eigenvalue weighted by atomic mass is 10.2. The summed E-state index contributed by atoms with van der Waals surface area (Å²) < 4.78 is 11.2. The molecule has 1 amide bonds. The normalized spacial score (nSPS) is 16.4. The van der Waals surface area contributed by atoms with Crippen LogP contribution in [0.1, 0.15) is 35.7 Å². The predicted octanol–water partition coefficient (Wildman–Crippen LogP) is 3.68. The van der Waals surface area contributed by atoms with Crippen molar-refractivity contribution in [3.8, 4) is 5.88 Å². The lowest BCUT2D eigenvalue weighted by Crippen LogP contribution is -2.24. The zero-order valence-electron chi connectivity index (χ0n) is 14.9. The largest absolute Gasteiger partial charge is 0.478 e. The fraction of sp³-hybridized carbons (Fsp3) is 0.400. The molecule has 138 valence electrons. The highest BCUT2D eigenvalue weighted by molar-refractivity contribution is 7.99. The van der Waals surface area contributed by atoms with Gasteiger partial charge in [0.05, 0.1) is 18.3 Å². The van der Waals surface area contributed by atoms with Crippen LogP contribution >= 0.6 is 11.8 Å². The van der Waals surface area contributed by atoms with E-state index in [1.807, 2.05) is 43.3 Å². The van der Waals surface area contributed by atoms with E-state index in [1.54, 1.807) is 18.0 Å². The minimum absolute atomic E-state index is 0.0910. The smallest absolute Gasteiger partial charge is 0.252 e. The van der Waals surface area contributed by atoms with Gasteiger partial charge in [0.2, 0.25) is 5.88 Å². The summed E-state index contributed by atoms with van der Waals surface area (Å²) in [5.74, 6) is 1.35. The quantitative estimate of drug-likeness (QED) is 0.716. The van der Waals surface area contributed by atoms with Crippen molar-refractivity contribution in [3.63, 3.8) is 0 Å². The van der Waals surface area contributed by atoms with Crippen molar-refractivity contribution in [2.24, 2.45) is 0 Å². The second-order valence-corrected chi connectivity index (χ2v) is 7.09. The van der Waals surface area contributed by atoms with Crippen LogP contribution in [0.2, 0.25) is 0 Å². The molecule has 0 aliphatic carbocycles. The van der Waals surface area contributed by atoms with Crippen LogP contribution < -0.4 is 10.1 Å². The number of thioether (sulfide) groups is 1. The summed E-state index contributed by atoms with van der Waals surface area (Å²) in [6.07, 6.45) is 4.21. The molecule has 1 aromatic carbocycles. The average Bonchev–Trinajstić information content (AvgIpc) is 3.19. The molecule has 1 unspecified atom stereocenters. The standard InChI is InChI=1S/C20H24N2O3S/c1-2-24-20-15(7-5-11-21-20)13-22-19(23)17-9-3-4-10-18(17)26-14-16-8-6-12-25-16/h3-5,7,9-11,16H,2,6,8,12-14H2,1H3,(H,22,23). The van der Waals surface area contributed by atoms with Crippen LogP contribution in [0.15, 0.2) is 47.5 Å². The highest BCUT2D eigenvalue weighted by Gasteiger charge is 2.18. The summed E-state index contributed by atoms with van der Waals surface area (Å²) >= 11 is 1.68. The Morgan fingerprint density at radius 3 is 3.04 bits per heavy atom. The molecular weight excluding hydrogens is 348 g/mol. The van der Waals surface area contributed by atoms with Gasteiger partial charge in [-0.3, -0.25) is 4.79 Å². The van der Waals surface area contributed by atoms with Crippen molar-refractivity contribution in [1.82, 2.24) is 10.3 Å². The van der Waals surface area contributed by atoms with E-state index in [0.717, 1.165) is 35.7 Å². The number of nitrogens with one attached hydrogen (secondary N) is 1. The van der Waals surface area contributed by atoms with Crippen LogP contribution in [-0.2, 0) is 11.3 Å². The topological polar surface area (TPSA) is 60.5 Å². The van der Waals surface area contributed by atoms with Crippen molar-refractivity contribution in [1.29, 1.82) is 0 Å². The van der Waals surface area contributed by atoms with Crippen molar-refractivity contribution in [2.45, 2.75) is 37.3 Å². The molecular formula is C20H24N2O3S. The molecule has 1 fully saturated rings. The van der Waals surface area contributed by atoms with E-state index in [1.165, 1.54) is 0 Å². The first-order valence-corrected chi connectivity index (χ1v) is 9.94. The van der Waals surface area contributed by atoms with Crippen LogP contribution in [0, 0.1) is 0 Å². The molecule has 0 bridgehead atoms. The molecule has 1 aliphatic rings. The summed E-state index contributed by atoms with van der Waals surface area (Å²) in [7, 11) is 0. The Balaban J connectivity index is 1.62. The van der Waals surface area contributed by atoms with E-state index < -0.39 is 0 Å². The van der Waals surface area contributed by atoms with Gasteiger partial charge in [-0.25, -0.2) is 4.98 Å². The van der Waals surface area contributed by atoms with Gasteiger partial charge in [0.15, 0.2) is 0 Å². The Morgan fingerprint density at radius 2 is 2.23 bits per heavy atom. The minimum atomic E-state index is -0.0910. The zero-order chi connectivity index (χ0) is 18.2. The first-order valence-electron chi connectivity index (χ1n) is 8.96. The summed E-state index contributed by atoms with van der Waals surface area (Å²) in [5, 5.41) is 2.98. The van der Waals surface area contributed by atoms with E-state index in [-0.39, 0.29) is 5.91 Å². The third-order valence-electron chi connectivity index (χ3n) is 4.15. The number of ether oxygens (including phenoxy) is 2. The summed E-state index contributed by atoms with van der Waals surface area (Å²) in [4.78, 5) is 17.9. The fourth-order valence-corrected chi connectivity index (χ4v) is 3.95. The maximum absolute atomic E-state index is 12.7. The Kier molecular flexibility index (Phi) is 6.91. The molecule has 0 saturated carbocycles. The molecule has 1 N–H and O–H groups in total. The maximum Gasteiger partial charge on any atom is 0.252 e. The van der Waals surface area contributed by atoms with Crippen molar-refractivity contribution >= 4 is 17.7 Å². The molecule has 2 heterocycles. The van der Waals surface area contributed by atoms with Gasteiger partial charge >= 0.3 is 0 Å². The van der Waals surface area contributed by atoms with Crippen LogP contribution in [0.4, 0.5) is 0 Å². The average molecular weight is 372 g/mol.